The van der Waals surface area contributed by atoms with Gasteiger partial charge in [0.1, 0.15) is 5.69 Å². The van der Waals surface area contributed by atoms with E-state index in [2.05, 4.69) is 21.2 Å². The average molecular weight is 327 g/mol. The highest BCUT2D eigenvalue weighted by Gasteiger charge is 2.18. The molecule has 8 heteroatoms. The number of rotatable bonds is 5. The van der Waals surface area contributed by atoms with Gasteiger partial charge >= 0.3 is 6.03 Å². The van der Waals surface area contributed by atoms with Crippen LogP contribution >= 0.6 is 0 Å². The highest BCUT2D eigenvalue weighted by Crippen LogP contribution is 2.15. The van der Waals surface area contributed by atoms with Crippen molar-refractivity contribution in [2.24, 2.45) is 5.73 Å². The van der Waals surface area contributed by atoms with E-state index in [4.69, 9.17) is 5.73 Å². The number of primary amides is 1. The maximum absolute atomic E-state index is 12.0. The predicted octanol–water partition coefficient (Wildman–Crippen LogP) is 0.642. The summed E-state index contributed by atoms with van der Waals surface area (Å²) in [6.07, 6.45) is 1.38. The number of benzene rings is 1. The van der Waals surface area contributed by atoms with E-state index in [1.54, 1.807) is 36.4 Å². The summed E-state index contributed by atoms with van der Waals surface area (Å²) < 4.78 is 0. The number of carbonyl (C=O) groups excluding carboxylic acids is 3. The monoisotopic (exact) mass is 327 g/mol. The molecule has 1 unspecified atom stereocenters. The van der Waals surface area contributed by atoms with E-state index in [0.29, 0.717) is 0 Å². The van der Waals surface area contributed by atoms with Crippen molar-refractivity contribution < 1.29 is 14.4 Å². The first-order valence-electron chi connectivity index (χ1n) is 7.17. The lowest BCUT2D eigenvalue weighted by Gasteiger charge is -2.17. The van der Waals surface area contributed by atoms with E-state index in [1.807, 2.05) is 6.07 Å². The number of pyridine rings is 1. The summed E-state index contributed by atoms with van der Waals surface area (Å²) in [4.78, 5) is 38.8. The van der Waals surface area contributed by atoms with Crippen LogP contribution in [0.25, 0.3) is 0 Å². The maximum atomic E-state index is 12.0. The fourth-order valence-electron chi connectivity index (χ4n) is 2.03. The van der Waals surface area contributed by atoms with Crippen LogP contribution in [0.3, 0.4) is 0 Å². The molecule has 8 nitrogen and oxygen atoms in total. The van der Waals surface area contributed by atoms with Gasteiger partial charge in [0.05, 0.1) is 12.5 Å². The van der Waals surface area contributed by atoms with Crippen LogP contribution in [0.1, 0.15) is 28.5 Å². The van der Waals surface area contributed by atoms with E-state index >= 15 is 0 Å². The van der Waals surface area contributed by atoms with Crippen LogP contribution < -0.4 is 21.9 Å². The lowest BCUT2D eigenvalue weighted by molar-refractivity contribution is -0.122. The van der Waals surface area contributed by atoms with Crippen LogP contribution in [0.2, 0.25) is 0 Å². The van der Waals surface area contributed by atoms with Gasteiger partial charge in [-0.3, -0.25) is 25.4 Å². The topological polar surface area (TPSA) is 126 Å². The Balaban J connectivity index is 1.93. The van der Waals surface area contributed by atoms with E-state index in [0.717, 1.165) is 5.56 Å². The first kappa shape index (κ1) is 16.9. The molecule has 2 aromatic rings. The van der Waals surface area contributed by atoms with Crippen LogP contribution in [-0.4, -0.2) is 22.8 Å². The lowest BCUT2D eigenvalue weighted by Crippen LogP contribution is -2.44. The Morgan fingerprint density at radius 2 is 1.71 bits per heavy atom. The van der Waals surface area contributed by atoms with Gasteiger partial charge < -0.3 is 11.1 Å². The molecule has 0 bridgehead atoms. The fourth-order valence-corrected chi connectivity index (χ4v) is 2.03. The Morgan fingerprint density at radius 1 is 1.00 bits per heavy atom. The summed E-state index contributed by atoms with van der Waals surface area (Å²) in [6, 6.07) is 12.4. The first-order chi connectivity index (χ1) is 11.6. The minimum Gasteiger partial charge on any atom is -0.352 e. The van der Waals surface area contributed by atoms with E-state index in [-0.39, 0.29) is 12.1 Å². The minimum atomic E-state index is -0.742. The molecule has 1 atom stereocenters. The van der Waals surface area contributed by atoms with E-state index in [1.165, 1.54) is 12.3 Å². The summed E-state index contributed by atoms with van der Waals surface area (Å²) in [5.74, 6) is -1.02. The zero-order valence-corrected chi connectivity index (χ0v) is 12.7. The molecule has 0 saturated heterocycles. The third-order valence-corrected chi connectivity index (χ3v) is 3.12. The van der Waals surface area contributed by atoms with Gasteiger partial charge in [-0.1, -0.05) is 36.4 Å². The lowest BCUT2D eigenvalue weighted by atomic mass is 10.0. The summed E-state index contributed by atoms with van der Waals surface area (Å²) in [6.45, 7) is 0. The van der Waals surface area contributed by atoms with Gasteiger partial charge in [0.15, 0.2) is 0 Å². The van der Waals surface area contributed by atoms with Crippen molar-refractivity contribution in [1.29, 1.82) is 0 Å². The Kier molecular flexibility index (Phi) is 5.84. The molecular formula is C16H17N5O3. The number of hydrogen-bond donors (Lipinski definition) is 4. The number of urea groups is 1. The van der Waals surface area contributed by atoms with Crippen molar-refractivity contribution in [2.45, 2.75) is 12.5 Å². The summed E-state index contributed by atoms with van der Waals surface area (Å²) >= 11 is 0. The van der Waals surface area contributed by atoms with Gasteiger partial charge in [0.2, 0.25) is 5.91 Å². The van der Waals surface area contributed by atoms with Gasteiger partial charge in [-0.05, 0) is 17.7 Å². The number of carbonyl (C=O) groups is 3. The number of amides is 4. The molecule has 1 heterocycles. The SMILES string of the molecule is NC(=O)NC(CC(=O)NNC(=O)c1ccccn1)c1ccccc1. The Labute approximate surface area is 138 Å². The molecule has 1 aromatic heterocycles. The van der Waals surface area contributed by atoms with Crippen LogP contribution in [-0.2, 0) is 4.79 Å². The van der Waals surface area contributed by atoms with Gasteiger partial charge in [0.25, 0.3) is 5.91 Å². The maximum Gasteiger partial charge on any atom is 0.312 e. The molecule has 1 aromatic carbocycles. The van der Waals surface area contributed by atoms with Gasteiger partial charge in [-0.2, -0.15) is 0 Å². The third kappa shape index (κ3) is 5.09. The van der Waals surface area contributed by atoms with E-state index in [9.17, 15) is 14.4 Å². The molecule has 0 fully saturated rings. The molecule has 0 spiro atoms. The average Bonchev–Trinajstić information content (AvgIpc) is 2.60. The molecule has 5 N–H and O–H groups in total. The second kappa shape index (κ2) is 8.28. The van der Waals surface area contributed by atoms with Gasteiger partial charge in [-0.15, -0.1) is 0 Å². The standard InChI is InChI=1S/C16H17N5O3/c17-16(24)19-13(11-6-2-1-3-7-11)10-14(22)20-21-15(23)12-8-4-5-9-18-12/h1-9,13H,10H2,(H,20,22)(H,21,23)(H3,17,19,24). The van der Waals surface area contributed by atoms with Gasteiger partial charge in [0, 0.05) is 6.20 Å². The van der Waals surface area contributed by atoms with Crippen molar-refractivity contribution in [3.05, 3.63) is 66.0 Å². The summed E-state index contributed by atoms with van der Waals surface area (Å²) in [7, 11) is 0. The zero-order chi connectivity index (χ0) is 17.4. The third-order valence-electron chi connectivity index (χ3n) is 3.12. The smallest absolute Gasteiger partial charge is 0.312 e. The quantitative estimate of drug-likeness (QED) is 0.601. The molecule has 0 radical (unpaired) electrons. The van der Waals surface area contributed by atoms with Crippen LogP contribution in [0.4, 0.5) is 4.79 Å². The van der Waals surface area contributed by atoms with Crippen LogP contribution in [0, 0.1) is 0 Å². The number of hydrogen-bond acceptors (Lipinski definition) is 4. The van der Waals surface area contributed by atoms with Crippen molar-refractivity contribution in [3.8, 4) is 0 Å². The Hall–Kier alpha value is -3.42. The Bertz CT molecular complexity index is 706. The van der Waals surface area contributed by atoms with Crippen molar-refractivity contribution in [2.75, 3.05) is 0 Å². The van der Waals surface area contributed by atoms with Crippen molar-refractivity contribution >= 4 is 17.8 Å². The highest BCUT2D eigenvalue weighted by atomic mass is 16.2. The number of aromatic nitrogens is 1. The molecule has 0 aliphatic carbocycles. The Morgan fingerprint density at radius 3 is 2.33 bits per heavy atom. The number of nitrogens with zero attached hydrogens (tertiary/aromatic N) is 1. The summed E-state index contributed by atoms with van der Waals surface area (Å²) in [5, 5.41) is 2.50. The summed E-state index contributed by atoms with van der Waals surface area (Å²) in [5.41, 5.74) is 10.6. The zero-order valence-electron chi connectivity index (χ0n) is 12.7. The second-order valence-corrected chi connectivity index (χ2v) is 4.89. The van der Waals surface area contributed by atoms with E-state index < -0.39 is 23.9 Å². The molecule has 4 amide bonds. The number of nitrogens with two attached hydrogens (primary N) is 1. The number of nitrogens with one attached hydrogen (secondary N) is 3. The molecule has 124 valence electrons. The first-order valence-corrected chi connectivity index (χ1v) is 7.17. The van der Waals surface area contributed by atoms with Crippen molar-refractivity contribution in [1.82, 2.24) is 21.2 Å². The molecule has 24 heavy (non-hydrogen) atoms. The molecular weight excluding hydrogens is 310 g/mol. The molecule has 2 rings (SSSR count). The fraction of sp³-hybridized carbons (Fsp3) is 0.125. The van der Waals surface area contributed by atoms with Crippen molar-refractivity contribution in [3.63, 3.8) is 0 Å². The van der Waals surface area contributed by atoms with Gasteiger partial charge in [-0.25, -0.2) is 4.79 Å². The highest BCUT2D eigenvalue weighted by molar-refractivity contribution is 5.93. The molecule has 0 aliphatic heterocycles. The largest absolute Gasteiger partial charge is 0.352 e. The molecule has 0 saturated carbocycles. The predicted molar refractivity (Wildman–Crippen MR) is 86.4 cm³/mol. The molecule has 0 aliphatic rings. The van der Waals surface area contributed by atoms with Crippen LogP contribution in [0.5, 0.6) is 0 Å². The number of hydrazine groups is 1. The normalized spacial score (nSPS) is 11.2. The van der Waals surface area contributed by atoms with Crippen LogP contribution in [0.15, 0.2) is 54.7 Å². The second-order valence-electron chi connectivity index (χ2n) is 4.89. The minimum absolute atomic E-state index is 0.0878.